The van der Waals surface area contributed by atoms with Gasteiger partial charge in [0, 0.05) is 5.71 Å². The number of hydrogen-bond acceptors (Lipinski definition) is 5. The molecule has 0 spiro atoms. The Morgan fingerprint density at radius 2 is 1.85 bits per heavy atom. The Bertz CT molecular complexity index is 798. The van der Waals surface area contributed by atoms with Crippen molar-refractivity contribution < 1.29 is 27.4 Å². The van der Waals surface area contributed by atoms with Gasteiger partial charge in [0.25, 0.3) is 0 Å². The standard InChI is InChI=1S/C12H8F3NO4/c1-3(16)4-9(17)5-10(19-2)7(14)6(13)8(15)11(5)20-12(4)18/h16-17H,1-2H3. The number of nitrogens with one attached hydrogen (secondary N) is 1. The van der Waals surface area contributed by atoms with E-state index in [1.165, 1.54) is 6.92 Å². The maximum atomic E-state index is 13.6. The van der Waals surface area contributed by atoms with E-state index in [4.69, 9.17) is 5.41 Å². The van der Waals surface area contributed by atoms with Gasteiger partial charge in [-0.15, -0.1) is 0 Å². The third-order valence-corrected chi connectivity index (χ3v) is 2.69. The predicted octanol–water partition coefficient (Wildman–Crippen LogP) is 2.31. The first-order chi connectivity index (χ1) is 9.31. The molecule has 0 aliphatic carbocycles. The average molecular weight is 287 g/mol. The lowest BCUT2D eigenvalue weighted by Crippen LogP contribution is -2.13. The van der Waals surface area contributed by atoms with Gasteiger partial charge in [-0.3, -0.25) is 0 Å². The average Bonchev–Trinajstić information content (AvgIpc) is 2.37. The van der Waals surface area contributed by atoms with E-state index in [9.17, 15) is 23.1 Å². The van der Waals surface area contributed by atoms with Crippen molar-refractivity contribution in [2.45, 2.75) is 6.92 Å². The van der Waals surface area contributed by atoms with Crippen molar-refractivity contribution in [2.24, 2.45) is 0 Å². The van der Waals surface area contributed by atoms with Crippen LogP contribution >= 0.6 is 0 Å². The minimum Gasteiger partial charge on any atom is -0.506 e. The first kappa shape index (κ1) is 13.9. The Kier molecular flexibility index (Phi) is 3.16. The molecule has 0 fully saturated rings. The van der Waals surface area contributed by atoms with Gasteiger partial charge in [-0.05, 0) is 6.92 Å². The Hall–Kier alpha value is -2.51. The van der Waals surface area contributed by atoms with Crippen molar-refractivity contribution in [3.8, 4) is 11.5 Å². The number of benzene rings is 1. The summed E-state index contributed by atoms with van der Waals surface area (Å²) in [6, 6.07) is 0. The monoisotopic (exact) mass is 287 g/mol. The van der Waals surface area contributed by atoms with E-state index < -0.39 is 51.1 Å². The van der Waals surface area contributed by atoms with Gasteiger partial charge in [0.15, 0.2) is 11.3 Å². The minimum absolute atomic E-state index is 0.384. The van der Waals surface area contributed by atoms with E-state index in [0.717, 1.165) is 7.11 Å². The first-order valence-corrected chi connectivity index (χ1v) is 5.27. The Labute approximate surface area is 109 Å². The molecule has 2 aromatic rings. The SMILES string of the molecule is COc1c(F)c(F)c(F)c2oc(=O)c(C(C)=N)c(O)c12. The maximum absolute atomic E-state index is 13.6. The molecule has 0 aliphatic rings. The van der Waals surface area contributed by atoms with Gasteiger partial charge in [-0.2, -0.15) is 8.78 Å². The molecule has 20 heavy (non-hydrogen) atoms. The highest BCUT2D eigenvalue weighted by Crippen LogP contribution is 2.39. The Morgan fingerprint density at radius 1 is 1.25 bits per heavy atom. The highest BCUT2D eigenvalue weighted by molar-refractivity contribution is 6.04. The molecule has 0 atom stereocenters. The number of methoxy groups -OCH3 is 1. The fourth-order valence-electron chi connectivity index (χ4n) is 1.82. The van der Waals surface area contributed by atoms with E-state index in [2.05, 4.69) is 9.15 Å². The Morgan fingerprint density at radius 3 is 2.35 bits per heavy atom. The van der Waals surface area contributed by atoms with Crippen LogP contribution in [0.2, 0.25) is 0 Å². The fraction of sp³-hybridized carbons (Fsp3) is 0.167. The molecule has 8 heteroatoms. The van der Waals surface area contributed by atoms with Crippen molar-refractivity contribution in [2.75, 3.05) is 7.11 Å². The zero-order valence-electron chi connectivity index (χ0n) is 10.3. The minimum atomic E-state index is -1.89. The van der Waals surface area contributed by atoms with Gasteiger partial charge in [0.1, 0.15) is 16.7 Å². The van der Waals surface area contributed by atoms with Gasteiger partial charge in [0.2, 0.25) is 17.5 Å². The van der Waals surface area contributed by atoms with Crippen molar-refractivity contribution in [1.29, 1.82) is 5.41 Å². The second-order valence-electron chi connectivity index (χ2n) is 3.92. The van der Waals surface area contributed by atoms with Gasteiger partial charge in [-0.1, -0.05) is 0 Å². The molecule has 0 amide bonds. The van der Waals surface area contributed by atoms with E-state index >= 15 is 0 Å². The Balaban J connectivity index is 3.16. The molecule has 0 aliphatic heterocycles. The molecular weight excluding hydrogens is 279 g/mol. The molecule has 2 rings (SSSR count). The van der Waals surface area contributed by atoms with Crippen molar-refractivity contribution in [3.63, 3.8) is 0 Å². The van der Waals surface area contributed by atoms with Crippen molar-refractivity contribution in [1.82, 2.24) is 0 Å². The van der Waals surface area contributed by atoms with Gasteiger partial charge in [-0.25, -0.2) is 9.18 Å². The van der Waals surface area contributed by atoms with E-state index in [-0.39, 0.29) is 5.71 Å². The molecule has 1 aromatic carbocycles. The molecule has 0 bridgehead atoms. The normalized spacial score (nSPS) is 10.8. The summed E-state index contributed by atoms with van der Waals surface area (Å²) in [4.78, 5) is 11.6. The van der Waals surface area contributed by atoms with E-state index in [1.54, 1.807) is 0 Å². The van der Waals surface area contributed by atoms with Gasteiger partial charge >= 0.3 is 5.63 Å². The second kappa shape index (κ2) is 4.55. The van der Waals surface area contributed by atoms with Crippen LogP contribution in [0.25, 0.3) is 11.0 Å². The third-order valence-electron chi connectivity index (χ3n) is 2.69. The van der Waals surface area contributed by atoms with Crippen LogP contribution in [0.3, 0.4) is 0 Å². The molecule has 1 heterocycles. The summed E-state index contributed by atoms with van der Waals surface area (Å²) >= 11 is 0. The predicted molar refractivity (Wildman–Crippen MR) is 63.1 cm³/mol. The number of rotatable bonds is 2. The largest absolute Gasteiger partial charge is 0.506 e. The van der Waals surface area contributed by atoms with Crippen LogP contribution in [-0.4, -0.2) is 17.9 Å². The molecule has 0 saturated carbocycles. The molecule has 5 nitrogen and oxygen atoms in total. The highest BCUT2D eigenvalue weighted by atomic mass is 19.2. The lowest BCUT2D eigenvalue weighted by Gasteiger charge is -2.11. The number of halogens is 3. The van der Waals surface area contributed by atoms with Crippen LogP contribution in [0.4, 0.5) is 13.2 Å². The van der Waals surface area contributed by atoms with E-state index in [1.807, 2.05) is 0 Å². The lowest BCUT2D eigenvalue weighted by atomic mass is 10.1. The van der Waals surface area contributed by atoms with Gasteiger partial charge in [0.05, 0.1) is 7.11 Å². The molecule has 1 aromatic heterocycles. The number of fused-ring (bicyclic) bond motifs is 1. The second-order valence-corrected chi connectivity index (χ2v) is 3.92. The van der Waals surface area contributed by atoms with Gasteiger partial charge < -0.3 is 19.7 Å². The summed E-state index contributed by atoms with van der Waals surface area (Å²) in [6.45, 7) is 1.17. The summed E-state index contributed by atoms with van der Waals surface area (Å²) < 4.78 is 49.6. The van der Waals surface area contributed by atoms with Crippen LogP contribution in [0.5, 0.6) is 11.5 Å². The zero-order valence-corrected chi connectivity index (χ0v) is 10.3. The third kappa shape index (κ3) is 1.72. The molecule has 0 radical (unpaired) electrons. The summed E-state index contributed by atoms with van der Waals surface area (Å²) in [7, 11) is 0.969. The highest BCUT2D eigenvalue weighted by Gasteiger charge is 2.28. The quantitative estimate of drug-likeness (QED) is 0.504. The fourth-order valence-corrected chi connectivity index (χ4v) is 1.82. The lowest BCUT2D eigenvalue weighted by molar-refractivity contribution is 0.359. The zero-order chi connectivity index (χ0) is 15.2. The van der Waals surface area contributed by atoms with Crippen LogP contribution in [0.15, 0.2) is 9.21 Å². The maximum Gasteiger partial charge on any atom is 0.349 e. The first-order valence-electron chi connectivity index (χ1n) is 5.27. The smallest absolute Gasteiger partial charge is 0.349 e. The summed E-state index contributed by atoms with van der Waals surface area (Å²) in [5.41, 5.74) is -3.19. The number of hydrogen-bond donors (Lipinski definition) is 2. The van der Waals surface area contributed by atoms with Crippen molar-refractivity contribution in [3.05, 3.63) is 33.4 Å². The van der Waals surface area contributed by atoms with Crippen LogP contribution < -0.4 is 10.4 Å². The molecule has 106 valence electrons. The summed E-state index contributed by atoms with van der Waals surface area (Å²) in [5, 5.41) is 16.6. The van der Waals surface area contributed by atoms with Crippen LogP contribution in [0.1, 0.15) is 12.5 Å². The van der Waals surface area contributed by atoms with Crippen molar-refractivity contribution >= 4 is 16.7 Å². The summed E-state index contributed by atoms with van der Waals surface area (Å²) in [6.07, 6.45) is 0. The summed E-state index contributed by atoms with van der Waals surface area (Å²) in [5.74, 6) is -7.05. The molecule has 0 unspecified atom stereocenters. The topological polar surface area (TPSA) is 83.5 Å². The van der Waals surface area contributed by atoms with Crippen LogP contribution in [0, 0.1) is 22.9 Å². The number of ether oxygens (including phenoxy) is 1. The number of aromatic hydroxyl groups is 1. The van der Waals surface area contributed by atoms with E-state index in [0.29, 0.717) is 0 Å². The van der Waals surface area contributed by atoms with Crippen LogP contribution in [-0.2, 0) is 0 Å². The molecular formula is C12H8F3NO4. The molecule has 2 N–H and O–H groups in total. The molecule has 0 saturated heterocycles.